The number of rotatable bonds is 5. The highest BCUT2D eigenvalue weighted by Crippen LogP contribution is 2.23. The number of hydrogen-bond donors (Lipinski definition) is 1. The molecule has 0 aromatic heterocycles. The van der Waals surface area contributed by atoms with Crippen LogP contribution in [-0.2, 0) is 6.42 Å². The van der Waals surface area contributed by atoms with Gasteiger partial charge in [-0.15, -0.1) is 6.58 Å². The zero-order valence-corrected chi connectivity index (χ0v) is 12.2. The summed E-state index contributed by atoms with van der Waals surface area (Å²) in [4.78, 5) is 2.57. The van der Waals surface area contributed by atoms with E-state index >= 15 is 0 Å². The molecule has 1 N–H and O–H groups in total. The van der Waals surface area contributed by atoms with Gasteiger partial charge in [-0.05, 0) is 25.3 Å². The van der Waals surface area contributed by atoms with Crippen molar-refractivity contribution in [1.82, 2.24) is 10.2 Å². The van der Waals surface area contributed by atoms with Crippen molar-refractivity contribution in [3.63, 3.8) is 0 Å². The van der Waals surface area contributed by atoms with Gasteiger partial charge in [-0.3, -0.25) is 4.90 Å². The van der Waals surface area contributed by atoms with Gasteiger partial charge >= 0.3 is 0 Å². The van der Waals surface area contributed by atoms with E-state index in [0.717, 1.165) is 26.1 Å². The molecule has 19 heavy (non-hydrogen) atoms. The minimum Gasteiger partial charge on any atom is -0.311 e. The Morgan fingerprint density at radius 2 is 2.16 bits per heavy atom. The smallest absolute Gasteiger partial charge is 0.0307 e. The number of benzene rings is 1. The summed E-state index contributed by atoms with van der Waals surface area (Å²) in [5.74, 6) is 0. The Kier molecular flexibility index (Phi) is 4.78. The number of nitrogens with one attached hydrogen (secondary N) is 1. The van der Waals surface area contributed by atoms with E-state index < -0.39 is 0 Å². The van der Waals surface area contributed by atoms with Gasteiger partial charge in [0.15, 0.2) is 0 Å². The number of hydrogen-bond acceptors (Lipinski definition) is 2. The van der Waals surface area contributed by atoms with Gasteiger partial charge in [-0.25, -0.2) is 0 Å². The van der Waals surface area contributed by atoms with Crippen LogP contribution in [0.25, 0.3) is 0 Å². The van der Waals surface area contributed by atoms with E-state index in [-0.39, 0.29) is 5.54 Å². The molecular formula is C17H26N2. The van der Waals surface area contributed by atoms with E-state index in [1.807, 2.05) is 6.08 Å². The molecule has 0 radical (unpaired) electrons. The molecule has 1 aromatic rings. The Hall–Kier alpha value is -1.12. The Bertz CT molecular complexity index is 401. The van der Waals surface area contributed by atoms with Gasteiger partial charge in [0.2, 0.25) is 0 Å². The van der Waals surface area contributed by atoms with Crippen molar-refractivity contribution in [2.75, 3.05) is 19.6 Å². The molecule has 1 aliphatic heterocycles. The topological polar surface area (TPSA) is 15.3 Å². The van der Waals surface area contributed by atoms with Crippen LogP contribution in [0.4, 0.5) is 0 Å². The largest absolute Gasteiger partial charge is 0.311 e. The summed E-state index contributed by atoms with van der Waals surface area (Å²) in [5, 5.41) is 3.72. The van der Waals surface area contributed by atoms with Crippen LogP contribution in [0.3, 0.4) is 0 Å². The van der Waals surface area contributed by atoms with Gasteiger partial charge in [0.05, 0.1) is 0 Å². The molecule has 0 amide bonds. The maximum absolute atomic E-state index is 3.90. The minimum atomic E-state index is 0.265. The van der Waals surface area contributed by atoms with Gasteiger partial charge in [0.25, 0.3) is 0 Å². The first kappa shape index (κ1) is 14.3. The molecule has 104 valence electrons. The lowest BCUT2D eigenvalue weighted by Gasteiger charge is -2.47. The lowest BCUT2D eigenvalue weighted by molar-refractivity contribution is 0.0606. The van der Waals surface area contributed by atoms with Gasteiger partial charge in [-0.2, -0.15) is 0 Å². The summed E-state index contributed by atoms with van der Waals surface area (Å²) >= 11 is 0. The van der Waals surface area contributed by atoms with Crippen LogP contribution in [0, 0.1) is 0 Å². The van der Waals surface area contributed by atoms with Crippen molar-refractivity contribution in [3.05, 3.63) is 48.6 Å². The fraction of sp³-hybridized carbons (Fsp3) is 0.529. The van der Waals surface area contributed by atoms with Crippen LogP contribution in [0.15, 0.2) is 43.0 Å². The molecule has 1 heterocycles. The molecule has 2 rings (SSSR count). The number of piperazine rings is 1. The summed E-state index contributed by atoms with van der Waals surface area (Å²) in [6.45, 7) is 11.7. The molecule has 2 unspecified atom stereocenters. The first-order chi connectivity index (χ1) is 9.18. The zero-order valence-electron chi connectivity index (χ0n) is 12.2. The van der Waals surface area contributed by atoms with E-state index in [2.05, 4.69) is 61.0 Å². The van der Waals surface area contributed by atoms with E-state index in [4.69, 9.17) is 0 Å². The second kappa shape index (κ2) is 6.36. The van der Waals surface area contributed by atoms with Gasteiger partial charge in [-0.1, -0.05) is 43.3 Å². The van der Waals surface area contributed by atoms with E-state index in [1.165, 1.54) is 12.0 Å². The van der Waals surface area contributed by atoms with E-state index in [0.29, 0.717) is 6.04 Å². The maximum Gasteiger partial charge on any atom is 0.0307 e. The Balaban J connectivity index is 2.00. The molecule has 0 spiro atoms. The average Bonchev–Trinajstić information content (AvgIpc) is 2.44. The fourth-order valence-electron chi connectivity index (χ4n) is 2.86. The lowest BCUT2D eigenvalue weighted by atomic mass is 9.90. The van der Waals surface area contributed by atoms with Crippen molar-refractivity contribution >= 4 is 0 Å². The summed E-state index contributed by atoms with van der Waals surface area (Å²) in [6, 6.07) is 11.3. The Morgan fingerprint density at radius 1 is 1.42 bits per heavy atom. The second-order valence-electron chi connectivity index (χ2n) is 5.81. The monoisotopic (exact) mass is 258 g/mol. The molecular weight excluding hydrogens is 232 g/mol. The highest BCUT2D eigenvalue weighted by Gasteiger charge is 2.35. The molecule has 0 saturated carbocycles. The quantitative estimate of drug-likeness (QED) is 0.817. The summed E-state index contributed by atoms with van der Waals surface area (Å²) in [6.07, 6.45) is 4.30. The molecule has 0 aliphatic carbocycles. The molecule has 1 saturated heterocycles. The van der Waals surface area contributed by atoms with Crippen molar-refractivity contribution in [2.45, 2.75) is 38.3 Å². The third-order valence-corrected chi connectivity index (χ3v) is 4.41. The molecule has 2 nitrogen and oxygen atoms in total. The molecule has 2 atom stereocenters. The Morgan fingerprint density at radius 3 is 2.79 bits per heavy atom. The predicted octanol–water partition coefficient (Wildman–Crippen LogP) is 2.86. The van der Waals surface area contributed by atoms with Crippen LogP contribution in [0.5, 0.6) is 0 Å². The normalized spacial score (nSPS) is 28.2. The highest BCUT2D eigenvalue weighted by molar-refractivity contribution is 5.16. The van der Waals surface area contributed by atoms with E-state index in [9.17, 15) is 0 Å². The first-order valence-corrected chi connectivity index (χ1v) is 7.31. The summed E-state index contributed by atoms with van der Waals surface area (Å²) in [5.41, 5.74) is 1.68. The average molecular weight is 258 g/mol. The SMILES string of the molecule is C=CCN1CC(Cc2ccccc2)NCC1(C)CC. The van der Waals surface area contributed by atoms with Crippen molar-refractivity contribution in [3.8, 4) is 0 Å². The molecule has 1 aromatic carbocycles. The van der Waals surface area contributed by atoms with Crippen LogP contribution in [-0.4, -0.2) is 36.1 Å². The highest BCUT2D eigenvalue weighted by atomic mass is 15.3. The summed E-state index contributed by atoms with van der Waals surface area (Å²) < 4.78 is 0. The van der Waals surface area contributed by atoms with Gasteiger partial charge in [0.1, 0.15) is 0 Å². The second-order valence-corrected chi connectivity index (χ2v) is 5.81. The van der Waals surface area contributed by atoms with Crippen molar-refractivity contribution in [1.29, 1.82) is 0 Å². The maximum atomic E-state index is 3.90. The molecule has 2 heteroatoms. The van der Waals surface area contributed by atoms with Crippen LogP contribution < -0.4 is 5.32 Å². The van der Waals surface area contributed by atoms with Crippen molar-refractivity contribution in [2.24, 2.45) is 0 Å². The zero-order chi connectivity index (χ0) is 13.7. The van der Waals surface area contributed by atoms with Crippen LogP contribution in [0.1, 0.15) is 25.8 Å². The fourth-order valence-corrected chi connectivity index (χ4v) is 2.86. The minimum absolute atomic E-state index is 0.265. The molecule has 0 bridgehead atoms. The third kappa shape index (κ3) is 3.46. The van der Waals surface area contributed by atoms with Crippen molar-refractivity contribution < 1.29 is 0 Å². The van der Waals surface area contributed by atoms with Crippen LogP contribution >= 0.6 is 0 Å². The molecule has 1 fully saturated rings. The van der Waals surface area contributed by atoms with Crippen LogP contribution in [0.2, 0.25) is 0 Å². The third-order valence-electron chi connectivity index (χ3n) is 4.41. The molecule has 1 aliphatic rings. The van der Waals surface area contributed by atoms with Gasteiger partial charge in [0, 0.05) is 31.2 Å². The number of nitrogens with zero attached hydrogens (tertiary/aromatic N) is 1. The lowest BCUT2D eigenvalue weighted by Crippen LogP contribution is -2.63. The van der Waals surface area contributed by atoms with Gasteiger partial charge < -0.3 is 5.32 Å². The first-order valence-electron chi connectivity index (χ1n) is 7.31. The standard InChI is InChI=1S/C17H26N2/c1-4-11-19-13-16(18-14-17(19,3)5-2)12-15-9-7-6-8-10-15/h4,6-10,16,18H,1,5,11-14H2,2-3H3. The Labute approximate surface area is 117 Å². The van der Waals surface area contributed by atoms with E-state index in [1.54, 1.807) is 0 Å². The summed E-state index contributed by atoms with van der Waals surface area (Å²) in [7, 11) is 0. The predicted molar refractivity (Wildman–Crippen MR) is 82.4 cm³/mol.